The van der Waals surface area contributed by atoms with Gasteiger partial charge in [0.2, 0.25) is 0 Å². The highest BCUT2D eigenvalue weighted by Crippen LogP contribution is 2.41. The van der Waals surface area contributed by atoms with Crippen LogP contribution in [0.2, 0.25) is 0 Å². The molecule has 0 aliphatic heterocycles. The minimum Gasteiger partial charge on any atom is -0.384 e. The molecule has 0 radical (unpaired) electrons. The maximum Gasteiger partial charge on any atom is 0.105 e. The van der Waals surface area contributed by atoms with Crippen LogP contribution >= 0.6 is 11.3 Å². The SMILES string of the molecule is OC(c1cccc(C2CC2)c1)c1cccc2ccsc12. The molecule has 1 aromatic heterocycles. The van der Waals surface area contributed by atoms with E-state index in [-0.39, 0.29) is 0 Å². The van der Waals surface area contributed by atoms with E-state index in [9.17, 15) is 5.11 Å². The number of fused-ring (bicyclic) bond motifs is 1. The summed E-state index contributed by atoms with van der Waals surface area (Å²) in [7, 11) is 0. The third-order valence-corrected chi connectivity index (χ3v) is 5.06. The molecule has 100 valence electrons. The quantitative estimate of drug-likeness (QED) is 0.726. The lowest BCUT2D eigenvalue weighted by Crippen LogP contribution is -2.00. The zero-order valence-electron chi connectivity index (χ0n) is 11.1. The van der Waals surface area contributed by atoms with Gasteiger partial charge >= 0.3 is 0 Å². The summed E-state index contributed by atoms with van der Waals surface area (Å²) in [5.41, 5.74) is 3.40. The van der Waals surface area contributed by atoms with E-state index in [4.69, 9.17) is 0 Å². The molecular weight excluding hydrogens is 264 g/mol. The average Bonchev–Trinajstić information content (AvgIpc) is 3.23. The van der Waals surface area contributed by atoms with Gasteiger partial charge in [0.15, 0.2) is 0 Å². The summed E-state index contributed by atoms with van der Waals surface area (Å²) in [5.74, 6) is 0.722. The second kappa shape index (κ2) is 4.72. The Labute approximate surface area is 122 Å². The van der Waals surface area contributed by atoms with Gasteiger partial charge in [-0.05, 0) is 46.7 Å². The van der Waals surface area contributed by atoms with E-state index < -0.39 is 6.10 Å². The summed E-state index contributed by atoms with van der Waals surface area (Å²) < 4.78 is 1.19. The lowest BCUT2D eigenvalue weighted by molar-refractivity contribution is 0.222. The van der Waals surface area contributed by atoms with Gasteiger partial charge < -0.3 is 5.11 Å². The number of benzene rings is 2. The molecule has 1 aliphatic rings. The van der Waals surface area contributed by atoms with Crippen LogP contribution in [-0.2, 0) is 0 Å². The predicted octanol–water partition coefficient (Wildman–Crippen LogP) is 4.86. The predicted molar refractivity (Wildman–Crippen MR) is 84.3 cm³/mol. The molecule has 1 fully saturated rings. The standard InChI is InChI=1S/C18H16OS/c19-17(15-5-1-4-14(11-15)12-7-8-12)16-6-2-3-13-9-10-20-18(13)16/h1-6,9-12,17,19H,7-8H2. The number of rotatable bonds is 3. The minimum absolute atomic E-state index is 0.531. The van der Waals surface area contributed by atoms with Gasteiger partial charge in [-0.3, -0.25) is 0 Å². The zero-order valence-corrected chi connectivity index (χ0v) is 11.9. The van der Waals surface area contributed by atoms with Crippen molar-refractivity contribution in [2.24, 2.45) is 0 Å². The minimum atomic E-state index is -0.531. The fourth-order valence-corrected chi connectivity index (χ4v) is 3.75. The zero-order chi connectivity index (χ0) is 13.5. The highest BCUT2D eigenvalue weighted by molar-refractivity contribution is 7.17. The van der Waals surface area contributed by atoms with Crippen LogP contribution in [0.3, 0.4) is 0 Å². The normalized spacial score (nSPS) is 16.4. The summed E-state index contributed by atoms with van der Waals surface area (Å²) in [4.78, 5) is 0. The molecule has 1 unspecified atom stereocenters. The van der Waals surface area contributed by atoms with Crippen molar-refractivity contribution in [2.75, 3.05) is 0 Å². The van der Waals surface area contributed by atoms with Gasteiger partial charge in [-0.15, -0.1) is 11.3 Å². The summed E-state index contributed by atoms with van der Waals surface area (Å²) in [6.07, 6.45) is 2.05. The molecule has 1 saturated carbocycles. The first kappa shape index (κ1) is 12.1. The third-order valence-electron chi connectivity index (χ3n) is 4.08. The molecule has 1 nitrogen and oxygen atoms in total. The van der Waals surface area contributed by atoms with Crippen LogP contribution in [0.5, 0.6) is 0 Å². The fraction of sp³-hybridized carbons (Fsp3) is 0.222. The van der Waals surface area contributed by atoms with Crippen LogP contribution in [0.4, 0.5) is 0 Å². The van der Waals surface area contributed by atoms with Crippen LogP contribution in [0.1, 0.15) is 41.6 Å². The van der Waals surface area contributed by atoms with Crippen molar-refractivity contribution in [3.05, 3.63) is 70.6 Å². The molecule has 0 saturated heterocycles. The van der Waals surface area contributed by atoms with Crippen LogP contribution < -0.4 is 0 Å². The molecule has 1 aliphatic carbocycles. The van der Waals surface area contributed by atoms with E-state index in [1.54, 1.807) is 11.3 Å². The molecule has 1 heterocycles. The largest absolute Gasteiger partial charge is 0.384 e. The lowest BCUT2D eigenvalue weighted by atomic mass is 9.98. The molecule has 20 heavy (non-hydrogen) atoms. The van der Waals surface area contributed by atoms with Crippen molar-refractivity contribution in [3.8, 4) is 0 Å². The van der Waals surface area contributed by atoms with Gasteiger partial charge in [0, 0.05) is 10.3 Å². The van der Waals surface area contributed by atoms with Crippen molar-refractivity contribution in [3.63, 3.8) is 0 Å². The van der Waals surface area contributed by atoms with Gasteiger partial charge in [0.05, 0.1) is 0 Å². The van der Waals surface area contributed by atoms with Crippen LogP contribution in [0.25, 0.3) is 10.1 Å². The highest BCUT2D eigenvalue weighted by atomic mass is 32.1. The molecule has 0 bridgehead atoms. The molecule has 1 atom stereocenters. The second-order valence-electron chi connectivity index (χ2n) is 5.53. The van der Waals surface area contributed by atoms with E-state index in [0.29, 0.717) is 0 Å². The maximum absolute atomic E-state index is 10.7. The number of aliphatic hydroxyl groups is 1. The van der Waals surface area contributed by atoms with Gasteiger partial charge in [-0.1, -0.05) is 42.5 Å². The van der Waals surface area contributed by atoms with Gasteiger partial charge in [-0.2, -0.15) is 0 Å². The van der Waals surface area contributed by atoms with Crippen LogP contribution in [0.15, 0.2) is 53.9 Å². The molecular formula is C18H16OS. The Morgan fingerprint density at radius 1 is 1.05 bits per heavy atom. The first-order valence-corrected chi connectivity index (χ1v) is 7.95. The summed E-state index contributed by atoms with van der Waals surface area (Å²) in [5, 5.41) is 14.0. The first-order chi connectivity index (χ1) is 9.83. The van der Waals surface area contributed by atoms with Gasteiger partial charge in [-0.25, -0.2) is 0 Å². The average molecular weight is 280 g/mol. The van der Waals surface area contributed by atoms with Crippen molar-refractivity contribution >= 4 is 21.4 Å². The van der Waals surface area contributed by atoms with Crippen LogP contribution in [0, 0.1) is 0 Å². The summed E-state index contributed by atoms with van der Waals surface area (Å²) in [6, 6.07) is 16.7. The van der Waals surface area contributed by atoms with E-state index in [0.717, 1.165) is 17.0 Å². The molecule has 0 amide bonds. The maximum atomic E-state index is 10.7. The molecule has 4 rings (SSSR count). The molecule has 2 heteroatoms. The second-order valence-corrected chi connectivity index (χ2v) is 6.45. The summed E-state index contributed by atoms with van der Waals surface area (Å²) in [6.45, 7) is 0. The monoisotopic (exact) mass is 280 g/mol. The van der Waals surface area contributed by atoms with E-state index in [1.165, 1.54) is 28.5 Å². The number of hydrogen-bond donors (Lipinski definition) is 1. The van der Waals surface area contributed by atoms with E-state index >= 15 is 0 Å². The van der Waals surface area contributed by atoms with Crippen molar-refractivity contribution < 1.29 is 5.11 Å². The Kier molecular flexibility index (Phi) is 2.86. The number of hydrogen-bond acceptors (Lipinski definition) is 2. The van der Waals surface area contributed by atoms with E-state index in [1.807, 2.05) is 18.2 Å². The third kappa shape index (κ3) is 2.05. The topological polar surface area (TPSA) is 20.2 Å². The molecule has 2 aromatic carbocycles. The molecule has 3 aromatic rings. The van der Waals surface area contributed by atoms with E-state index in [2.05, 4.69) is 35.7 Å². The number of aliphatic hydroxyl groups excluding tert-OH is 1. The van der Waals surface area contributed by atoms with Crippen LogP contribution in [-0.4, -0.2) is 5.11 Å². The van der Waals surface area contributed by atoms with Crippen molar-refractivity contribution in [1.82, 2.24) is 0 Å². The first-order valence-electron chi connectivity index (χ1n) is 7.07. The highest BCUT2D eigenvalue weighted by Gasteiger charge is 2.24. The Morgan fingerprint density at radius 2 is 1.90 bits per heavy atom. The molecule has 1 N–H and O–H groups in total. The van der Waals surface area contributed by atoms with Crippen molar-refractivity contribution in [1.29, 1.82) is 0 Å². The lowest BCUT2D eigenvalue weighted by Gasteiger charge is -2.13. The number of thiophene rings is 1. The van der Waals surface area contributed by atoms with Crippen molar-refractivity contribution in [2.45, 2.75) is 24.9 Å². The fourth-order valence-electron chi connectivity index (χ4n) is 2.81. The Morgan fingerprint density at radius 3 is 2.75 bits per heavy atom. The van der Waals surface area contributed by atoms with Gasteiger partial charge in [0.25, 0.3) is 0 Å². The molecule has 0 spiro atoms. The smallest absolute Gasteiger partial charge is 0.105 e. The van der Waals surface area contributed by atoms with Gasteiger partial charge in [0.1, 0.15) is 6.10 Å². The Bertz CT molecular complexity index is 755. The Balaban J connectivity index is 1.77. The Hall–Kier alpha value is -1.64. The summed E-state index contributed by atoms with van der Waals surface area (Å²) >= 11 is 1.70.